The molecule has 3 rings (SSSR count). The lowest BCUT2D eigenvalue weighted by atomic mass is 9.96. The van der Waals surface area contributed by atoms with Gasteiger partial charge in [0, 0.05) is 18.0 Å². The molecule has 1 amide bonds. The van der Waals surface area contributed by atoms with Gasteiger partial charge in [-0.1, -0.05) is 49.0 Å². The van der Waals surface area contributed by atoms with E-state index in [1.54, 1.807) is 19.1 Å². The second-order valence-corrected chi connectivity index (χ2v) is 8.01. The normalized spacial score (nSPS) is 13.1. The van der Waals surface area contributed by atoms with Crippen molar-refractivity contribution in [3.05, 3.63) is 66.0 Å². The Balaban J connectivity index is 1.60. The average Bonchev–Trinajstić information content (AvgIpc) is 3.10. The van der Waals surface area contributed by atoms with E-state index in [2.05, 4.69) is 34.6 Å². The van der Waals surface area contributed by atoms with Gasteiger partial charge in [-0.25, -0.2) is 9.07 Å². The van der Waals surface area contributed by atoms with Crippen molar-refractivity contribution in [1.82, 2.24) is 20.2 Å². The third-order valence-electron chi connectivity index (χ3n) is 4.70. The van der Waals surface area contributed by atoms with Crippen molar-refractivity contribution in [3.63, 3.8) is 0 Å². The van der Waals surface area contributed by atoms with Gasteiger partial charge in [0.25, 0.3) is 0 Å². The second-order valence-electron chi connectivity index (χ2n) is 6.70. The summed E-state index contributed by atoms with van der Waals surface area (Å²) in [6.07, 6.45) is 0.934. The Morgan fingerprint density at radius 2 is 1.86 bits per heavy atom. The maximum Gasteiger partial charge on any atom is 0.233 e. The van der Waals surface area contributed by atoms with E-state index < -0.39 is 5.25 Å². The molecule has 0 bridgehead atoms. The molecule has 0 spiro atoms. The summed E-state index contributed by atoms with van der Waals surface area (Å²) in [6, 6.07) is 16.0. The highest BCUT2D eigenvalue weighted by Crippen LogP contribution is 2.25. The Hall–Kier alpha value is -2.87. The minimum Gasteiger partial charge on any atom is -0.355 e. The number of nitrogens with zero attached hydrogens (tertiary/aromatic N) is 3. The van der Waals surface area contributed by atoms with Crippen molar-refractivity contribution in [3.8, 4) is 11.4 Å². The Labute approximate surface area is 173 Å². The molecule has 0 radical (unpaired) electrons. The van der Waals surface area contributed by atoms with E-state index in [4.69, 9.17) is 5.84 Å². The summed E-state index contributed by atoms with van der Waals surface area (Å²) in [5.41, 5.74) is 1.86. The Morgan fingerprint density at radius 1 is 1.17 bits per heavy atom. The molecule has 0 aliphatic carbocycles. The van der Waals surface area contributed by atoms with Crippen LogP contribution in [-0.2, 0) is 4.79 Å². The fourth-order valence-electron chi connectivity index (χ4n) is 2.96. The van der Waals surface area contributed by atoms with Gasteiger partial charge in [0.05, 0.1) is 5.25 Å². The van der Waals surface area contributed by atoms with E-state index in [0.717, 1.165) is 6.42 Å². The molecule has 2 atom stereocenters. The van der Waals surface area contributed by atoms with Crippen LogP contribution < -0.4 is 11.2 Å². The van der Waals surface area contributed by atoms with E-state index in [0.29, 0.717) is 23.1 Å². The third-order valence-corrected chi connectivity index (χ3v) is 5.76. The van der Waals surface area contributed by atoms with Gasteiger partial charge in [-0.05, 0) is 43.2 Å². The van der Waals surface area contributed by atoms with Gasteiger partial charge in [-0.2, -0.15) is 0 Å². The number of benzene rings is 2. The van der Waals surface area contributed by atoms with Gasteiger partial charge < -0.3 is 11.2 Å². The van der Waals surface area contributed by atoms with Crippen molar-refractivity contribution in [2.45, 2.75) is 36.6 Å². The molecule has 1 heterocycles. The minimum absolute atomic E-state index is 0.0873. The van der Waals surface area contributed by atoms with Crippen LogP contribution in [-0.4, -0.2) is 32.6 Å². The van der Waals surface area contributed by atoms with Crippen LogP contribution in [0.15, 0.2) is 59.8 Å². The standard InChI is InChI=1S/C21H24FN5OS/c1-3-15(16-7-5-4-6-8-16)13-24-20(28)14(2)29-21-26-25-19(27(21)23)17-9-11-18(22)12-10-17/h4-12,14-15H,3,13,23H2,1-2H3,(H,24,28)/t14-,15+/m0/s1. The first-order chi connectivity index (χ1) is 14.0. The highest BCUT2D eigenvalue weighted by Gasteiger charge is 2.21. The molecule has 0 unspecified atom stereocenters. The number of halogens is 1. The predicted octanol–water partition coefficient (Wildman–Crippen LogP) is 3.59. The Kier molecular flexibility index (Phi) is 6.87. The molecule has 152 valence electrons. The van der Waals surface area contributed by atoms with Crippen LogP contribution in [0.2, 0.25) is 0 Å². The monoisotopic (exact) mass is 413 g/mol. The van der Waals surface area contributed by atoms with Gasteiger partial charge >= 0.3 is 0 Å². The molecule has 6 nitrogen and oxygen atoms in total. The first kappa shape index (κ1) is 20.9. The van der Waals surface area contributed by atoms with Crippen molar-refractivity contribution >= 4 is 17.7 Å². The van der Waals surface area contributed by atoms with Crippen molar-refractivity contribution in [2.75, 3.05) is 12.4 Å². The third kappa shape index (κ3) is 5.14. The summed E-state index contributed by atoms with van der Waals surface area (Å²) in [6.45, 7) is 4.48. The van der Waals surface area contributed by atoms with Crippen LogP contribution in [0.25, 0.3) is 11.4 Å². The number of rotatable bonds is 8. The van der Waals surface area contributed by atoms with Crippen LogP contribution >= 0.6 is 11.8 Å². The quantitative estimate of drug-likeness (QED) is 0.435. The minimum atomic E-state index is -0.393. The van der Waals surface area contributed by atoms with Crippen LogP contribution in [0.5, 0.6) is 0 Å². The summed E-state index contributed by atoms with van der Waals surface area (Å²) in [5.74, 6) is 6.34. The van der Waals surface area contributed by atoms with Crippen molar-refractivity contribution in [2.24, 2.45) is 0 Å². The van der Waals surface area contributed by atoms with Crippen molar-refractivity contribution in [1.29, 1.82) is 0 Å². The van der Waals surface area contributed by atoms with Crippen LogP contribution in [0.3, 0.4) is 0 Å². The lowest BCUT2D eigenvalue weighted by molar-refractivity contribution is -0.120. The van der Waals surface area contributed by atoms with E-state index in [9.17, 15) is 9.18 Å². The summed E-state index contributed by atoms with van der Waals surface area (Å²) < 4.78 is 14.4. The molecular weight excluding hydrogens is 389 g/mol. The number of hydrogen-bond acceptors (Lipinski definition) is 5. The summed E-state index contributed by atoms with van der Waals surface area (Å²) in [5, 5.41) is 11.2. The average molecular weight is 414 g/mol. The van der Waals surface area contributed by atoms with Crippen LogP contribution in [0, 0.1) is 5.82 Å². The zero-order valence-corrected chi connectivity index (χ0v) is 17.2. The lowest BCUT2D eigenvalue weighted by Gasteiger charge is -2.18. The molecule has 8 heteroatoms. The first-order valence-corrected chi connectivity index (χ1v) is 10.3. The van der Waals surface area contributed by atoms with E-state index in [-0.39, 0.29) is 17.6 Å². The fourth-order valence-corrected chi connectivity index (χ4v) is 3.75. The van der Waals surface area contributed by atoms with Gasteiger partial charge in [0.2, 0.25) is 11.1 Å². The summed E-state index contributed by atoms with van der Waals surface area (Å²) >= 11 is 1.23. The highest BCUT2D eigenvalue weighted by molar-refractivity contribution is 8.00. The number of thioether (sulfide) groups is 1. The number of nitrogens with one attached hydrogen (secondary N) is 1. The summed E-state index contributed by atoms with van der Waals surface area (Å²) in [7, 11) is 0. The van der Waals surface area contributed by atoms with E-state index in [1.807, 2.05) is 18.2 Å². The molecule has 0 fully saturated rings. The van der Waals surface area contributed by atoms with Crippen LogP contribution in [0.1, 0.15) is 31.7 Å². The molecule has 3 N–H and O–H groups in total. The van der Waals surface area contributed by atoms with Crippen molar-refractivity contribution < 1.29 is 9.18 Å². The molecule has 0 saturated carbocycles. The molecule has 0 aliphatic heterocycles. The van der Waals surface area contributed by atoms with Crippen LogP contribution in [0.4, 0.5) is 4.39 Å². The van der Waals surface area contributed by atoms with Gasteiger partial charge in [-0.3, -0.25) is 4.79 Å². The zero-order valence-electron chi connectivity index (χ0n) is 16.4. The number of amides is 1. The molecule has 0 aliphatic rings. The molecule has 29 heavy (non-hydrogen) atoms. The Morgan fingerprint density at radius 3 is 2.52 bits per heavy atom. The smallest absolute Gasteiger partial charge is 0.233 e. The van der Waals surface area contributed by atoms with Gasteiger partial charge in [0.15, 0.2) is 5.82 Å². The maximum absolute atomic E-state index is 13.1. The number of nitrogens with two attached hydrogens (primary N) is 1. The maximum atomic E-state index is 13.1. The number of hydrogen-bond donors (Lipinski definition) is 2. The van der Waals surface area contributed by atoms with E-state index in [1.165, 1.54) is 34.1 Å². The molecule has 1 aromatic heterocycles. The zero-order chi connectivity index (χ0) is 20.8. The fraction of sp³-hybridized carbons (Fsp3) is 0.286. The Bertz CT molecular complexity index is 945. The number of nitrogen functional groups attached to an aromatic ring is 1. The molecule has 0 saturated heterocycles. The lowest BCUT2D eigenvalue weighted by Crippen LogP contribution is -2.34. The number of aromatic nitrogens is 3. The second kappa shape index (κ2) is 9.56. The molecule has 2 aromatic carbocycles. The molecular formula is C21H24FN5OS. The molecule has 3 aromatic rings. The van der Waals surface area contributed by atoms with Gasteiger partial charge in [-0.15, -0.1) is 10.2 Å². The SMILES string of the molecule is CC[C@H](CNC(=O)[C@H](C)Sc1nnc(-c2ccc(F)cc2)n1N)c1ccccc1. The van der Waals surface area contributed by atoms with E-state index >= 15 is 0 Å². The summed E-state index contributed by atoms with van der Waals surface area (Å²) in [4.78, 5) is 12.6. The van der Waals surface area contributed by atoms with Gasteiger partial charge in [0.1, 0.15) is 5.82 Å². The highest BCUT2D eigenvalue weighted by atomic mass is 32.2. The first-order valence-electron chi connectivity index (χ1n) is 9.45. The largest absolute Gasteiger partial charge is 0.355 e. The topological polar surface area (TPSA) is 85.8 Å². The number of carbonyl (C=O) groups is 1. The predicted molar refractivity (Wildman–Crippen MR) is 113 cm³/mol. The number of carbonyl (C=O) groups excluding carboxylic acids is 1.